The molecule has 0 amide bonds. The van der Waals surface area contributed by atoms with Crippen molar-refractivity contribution in [1.82, 2.24) is 20.0 Å². The summed E-state index contributed by atoms with van der Waals surface area (Å²) in [6.45, 7) is 0. The van der Waals surface area contributed by atoms with Crippen molar-refractivity contribution in [2.24, 2.45) is 0 Å². The lowest BCUT2D eigenvalue weighted by molar-refractivity contribution is 0.610. The third kappa shape index (κ3) is 4.08. The largest absolute Gasteiger partial charge is 0.373 e. The number of nitrogens with zero attached hydrogens (tertiary/aromatic N) is 6. The molecular weight excluding hydrogens is 479 g/mol. The fraction of sp³-hybridized carbons (Fsp3) is 0.269. The minimum absolute atomic E-state index is 0.271. The molecule has 2 aromatic carbocycles. The Kier molecular flexibility index (Phi) is 4.97. The molecule has 0 aliphatic heterocycles. The third-order valence-corrected chi connectivity index (χ3v) is 6.75. The van der Waals surface area contributed by atoms with E-state index < -0.39 is 17.4 Å². The number of aromatic nitrogens is 4. The van der Waals surface area contributed by atoms with E-state index in [0.717, 1.165) is 12.8 Å². The molecule has 2 fully saturated rings. The van der Waals surface area contributed by atoms with Crippen molar-refractivity contribution >= 4 is 33.9 Å². The van der Waals surface area contributed by atoms with Gasteiger partial charge in [-0.2, -0.15) is 10.5 Å². The molecular formula is C26H20ClFN8. The summed E-state index contributed by atoms with van der Waals surface area (Å²) < 4.78 is 25.0. The number of hydrogen-bond donors (Lipinski definition) is 2. The van der Waals surface area contributed by atoms with E-state index in [1.165, 1.54) is 30.5 Å². The molecule has 0 radical (unpaired) electrons. The summed E-state index contributed by atoms with van der Waals surface area (Å²) in [4.78, 5) is 4.36. The number of nitriles is 2. The van der Waals surface area contributed by atoms with Gasteiger partial charge in [0.1, 0.15) is 23.1 Å². The fourth-order valence-corrected chi connectivity index (χ4v) is 4.40. The van der Waals surface area contributed by atoms with Crippen molar-refractivity contribution in [2.75, 3.05) is 10.6 Å². The highest BCUT2D eigenvalue weighted by Crippen LogP contribution is 2.42. The van der Waals surface area contributed by atoms with Gasteiger partial charge in [-0.25, -0.2) is 9.07 Å². The van der Waals surface area contributed by atoms with E-state index in [1.807, 2.05) is 0 Å². The Morgan fingerprint density at radius 3 is 2.67 bits per heavy atom. The van der Waals surface area contributed by atoms with Crippen LogP contribution in [-0.4, -0.2) is 25.5 Å². The Hall–Kier alpha value is -4.21. The molecule has 2 aliphatic rings. The van der Waals surface area contributed by atoms with Crippen LogP contribution in [0.3, 0.4) is 0 Å². The van der Waals surface area contributed by atoms with Crippen LogP contribution in [0.4, 0.5) is 15.8 Å². The van der Waals surface area contributed by atoms with Crippen LogP contribution in [-0.2, 0) is 0 Å². The highest BCUT2D eigenvalue weighted by Gasteiger charge is 2.44. The second kappa shape index (κ2) is 8.47. The Morgan fingerprint density at radius 2 is 2.00 bits per heavy atom. The van der Waals surface area contributed by atoms with Crippen LogP contribution < -0.4 is 10.6 Å². The van der Waals surface area contributed by atoms with Crippen LogP contribution in [0, 0.1) is 28.5 Å². The number of hydrogen-bond acceptors (Lipinski definition) is 7. The maximum atomic E-state index is 13.7. The van der Waals surface area contributed by atoms with Gasteiger partial charge in [-0.05, 0) is 55.5 Å². The van der Waals surface area contributed by atoms with Gasteiger partial charge in [0.25, 0.3) is 0 Å². The summed E-state index contributed by atoms with van der Waals surface area (Å²) in [5.74, 6) is -0.418. The summed E-state index contributed by atoms with van der Waals surface area (Å²) in [6, 6.07) is 12.1. The number of rotatable bonds is 7. The Bertz CT molecular complexity index is 1610. The molecule has 2 saturated carbocycles. The van der Waals surface area contributed by atoms with Gasteiger partial charge in [0, 0.05) is 17.3 Å². The third-order valence-electron chi connectivity index (χ3n) is 6.46. The predicted octanol–water partition coefficient (Wildman–Crippen LogP) is 5.49. The van der Waals surface area contributed by atoms with Crippen molar-refractivity contribution in [1.29, 1.82) is 10.5 Å². The Labute approximate surface area is 212 Å². The summed E-state index contributed by atoms with van der Waals surface area (Å²) >= 11 is 6.62. The van der Waals surface area contributed by atoms with Gasteiger partial charge in [0.15, 0.2) is 0 Å². The van der Waals surface area contributed by atoms with E-state index in [2.05, 4.69) is 38.1 Å². The quantitative estimate of drug-likeness (QED) is 0.345. The smallest absolute Gasteiger partial charge is 0.125 e. The Balaban J connectivity index is 1.48. The molecule has 4 aromatic rings. The normalized spacial score (nSPS) is 17.9. The highest BCUT2D eigenvalue weighted by molar-refractivity contribution is 6.35. The zero-order valence-corrected chi connectivity index (χ0v) is 19.7. The molecule has 0 spiro atoms. The second-order valence-electron chi connectivity index (χ2n) is 9.15. The monoisotopic (exact) mass is 499 g/mol. The molecule has 178 valence electrons. The van der Waals surface area contributed by atoms with Crippen molar-refractivity contribution in [3.8, 4) is 12.1 Å². The van der Waals surface area contributed by atoms with Crippen molar-refractivity contribution in [2.45, 2.75) is 43.3 Å². The van der Waals surface area contributed by atoms with E-state index in [0.29, 0.717) is 51.4 Å². The molecule has 36 heavy (non-hydrogen) atoms. The SMILES string of the molecule is [2H]C(Nc1cc(Cl)c2ncc(C#N)c(NC3(C#N)CC3)c2c1)(c1ccc(F)cc1)c1cn(C2CC2)nn1. The lowest BCUT2D eigenvalue weighted by atomic mass is 10.0. The lowest BCUT2D eigenvalue weighted by Crippen LogP contribution is -2.19. The van der Waals surface area contributed by atoms with E-state index in [-0.39, 0.29) is 11.6 Å². The number of anilines is 2. The zero-order valence-electron chi connectivity index (χ0n) is 20.0. The molecule has 1 unspecified atom stereocenters. The summed E-state index contributed by atoms with van der Waals surface area (Å²) in [5, 5.41) is 35.1. The minimum Gasteiger partial charge on any atom is -0.373 e. The van der Waals surface area contributed by atoms with Crippen molar-refractivity contribution in [3.63, 3.8) is 0 Å². The first-order valence-electron chi connectivity index (χ1n) is 12.0. The minimum atomic E-state index is -1.63. The first-order valence-corrected chi connectivity index (χ1v) is 11.9. The molecule has 6 rings (SSSR count). The van der Waals surface area contributed by atoms with Crippen LogP contribution in [0.15, 0.2) is 48.8 Å². The van der Waals surface area contributed by atoms with Crippen LogP contribution >= 0.6 is 11.6 Å². The second-order valence-corrected chi connectivity index (χ2v) is 9.56. The molecule has 0 bridgehead atoms. The Morgan fingerprint density at radius 1 is 1.22 bits per heavy atom. The molecule has 2 heterocycles. The summed E-state index contributed by atoms with van der Waals surface area (Å²) in [7, 11) is 0. The maximum absolute atomic E-state index is 13.7. The molecule has 2 aliphatic carbocycles. The van der Waals surface area contributed by atoms with Crippen LogP contribution in [0.1, 0.15) is 55.9 Å². The molecule has 2 N–H and O–H groups in total. The fourth-order valence-electron chi connectivity index (χ4n) is 4.13. The number of halogens is 2. The van der Waals surface area contributed by atoms with Crippen molar-refractivity contribution < 1.29 is 5.76 Å². The lowest BCUT2D eigenvalue weighted by Gasteiger charge is -2.20. The predicted molar refractivity (Wildman–Crippen MR) is 133 cm³/mol. The number of benzene rings is 2. The average molecular weight is 500 g/mol. The summed E-state index contributed by atoms with van der Waals surface area (Å²) in [6.07, 6.45) is 6.51. The summed E-state index contributed by atoms with van der Waals surface area (Å²) in [5.41, 5.74) is 1.73. The van der Waals surface area contributed by atoms with Crippen LogP contribution in [0.5, 0.6) is 0 Å². The zero-order chi connectivity index (χ0) is 25.8. The molecule has 8 nitrogen and oxygen atoms in total. The van der Waals surface area contributed by atoms with Gasteiger partial charge in [-0.15, -0.1) is 5.10 Å². The molecule has 1 atom stereocenters. The molecule has 2 aromatic heterocycles. The maximum Gasteiger partial charge on any atom is 0.125 e. The first-order chi connectivity index (χ1) is 17.8. The van der Waals surface area contributed by atoms with E-state index >= 15 is 0 Å². The highest BCUT2D eigenvalue weighted by atomic mass is 35.5. The van der Waals surface area contributed by atoms with E-state index in [9.17, 15) is 16.3 Å². The van der Waals surface area contributed by atoms with Crippen LogP contribution in [0.25, 0.3) is 10.9 Å². The molecule has 10 heteroatoms. The van der Waals surface area contributed by atoms with Crippen LogP contribution in [0.2, 0.25) is 5.02 Å². The number of fused-ring (bicyclic) bond motifs is 1. The van der Waals surface area contributed by atoms with Gasteiger partial charge in [0.05, 0.1) is 47.5 Å². The first kappa shape index (κ1) is 21.1. The number of nitrogens with one attached hydrogen (secondary N) is 2. The van der Waals surface area contributed by atoms with Gasteiger partial charge >= 0.3 is 0 Å². The van der Waals surface area contributed by atoms with Gasteiger partial charge in [-0.3, -0.25) is 4.98 Å². The van der Waals surface area contributed by atoms with Gasteiger partial charge < -0.3 is 10.6 Å². The standard InChI is InChI=1S/C26H20ClFN8/c27-21-10-18(9-20-23(33-26(14-30)7-8-26)16(11-29)12-31-25(20)21)32-24(15-1-3-17(28)4-2-15)22-13-36(35-34-22)19-5-6-19/h1-4,9-10,12-13,19,24,32H,5-8H2,(H,31,33)/i24D. The number of pyridine rings is 1. The van der Waals surface area contributed by atoms with Crippen molar-refractivity contribution in [3.05, 3.63) is 76.5 Å². The van der Waals surface area contributed by atoms with E-state index in [1.54, 1.807) is 23.0 Å². The topological polar surface area (TPSA) is 115 Å². The van der Waals surface area contributed by atoms with E-state index in [4.69, 9.17) is 11.6 Å². The molecule has 0 saturated heterocycles. The van der Waals surface area contributed by atoms with Gasteiger partial charge in [0.2, 0.25) is 0 Å². The van der Waals surface area contributed by atoms with Gasteiger partial charge in [-0.1, -0.05) is 28.9 Å². The average Bonchev–Trinajstić information content (AvgIpc) is 3.83.